The zero-order valence-electron chi connectivity index (χ0n) is 22.4. The fourth-order valence-electron chi connectivity index (χ4n) is 7.09. The van der Waals surface area contributed by atoms with Gasteiger partial charge in [-0.05, 0) is 75.0 Å². The van der Waals surface area contributed by atoms with E-state index in [9.17, 15) is 0 Å². The minimum atomic E-state index is 0.128. The Bertz CT molecular complexity index is 2130. The molecule has 0 spiro atoms. The minimum Gasteiger partial charge on any atom is -0.311 e. The number of rotatable bonds is 2. The second-order valence-electron chi connectivity index (χ2n) is 11.0. The fourth-order valence-corrected chi connectivity index (χ4v) is 7.09. The van der Waals surface area contributed by atoms with Gasteiger partial charge in [0.1, 0.15) is 0 Å². The van der Waals surface area contributed by atoms with Crippen LogP contribution >= 0.6 is 0 Å². The van der Waals surface area contributed by atoms with Gasteiger partial charge in [0.15, 0.2) is 0 Å². The van der Waals surface area contributed by atoms with Gasteiger partial charge < -0.3 is 9.80 Å². The maximum absolute atomic E-state index is 2.49. The zero-order valence-corrected chi connectivity index (χ0v) is 22.4. The topological polar surface area (TPSA) is 6.48 Å². The Labute approximate surface area is 239 Å². The summed E-state index contributed by atoms with van der Waals surface area (Å²) in [7, 11) is 0. The van der Waals surface area contributed by atoms with Crippen molar-refractivity contribution in [3.05, 3.63) is 152 Å². The smallest absolute Gasteiger partial charge is 0.252 e. The molecule has 0 bridgehead atoms. The van der Waals surface area contributed by atoms with Gasteiger partial charge in [-0.15, -0.1) is 0 Å². The van der Waals surface area contributed by atoms with E-state index in [4.69, 9.17) is 0 Å². The van der Waals surface area contributed by atoms with Crippen LogP contribution in [-0.2, 0) is 0 Å². The number of benzene rings is 7. The van der Waals surface area contributed by atoms with Crippen LogP contribution in [0.3, 0.4) is 0 Å². The van der Waals surface area contributed by atoms with Crippen LogP contribution in [0.5, 0.6) is 0 Å². The molecule has 0 aliphatic carbocycles. The van der Waals surface area contributed by atoms with E-state index in [1.54, 1.807) is 0 Å². The first-order valence-corrected chi connectivity index (χ1v) is 14.2. The van der Waals surface area contributed by atoms with Gasteiger partial charge in [0.25, 0.3) is 6.71 Å². The maximum atomic E-state index is 2.49. The Balaban J connectivity index is 1.41. The van der Waals surface area contributed by atoms with Gasteiger partial charge in [-0.2, -0.15) is 0 Å². The zero-order chi connectivity index (χ0) is 26.9. The largest absolute Gasteiger partial charge is 0.311 e. The summed E-state index contributed by atoms with van der Waals surface area (Å²) in [6.07, 6.45) is 0. The van der Waals surface area contributed by atoms with E-state index in [2.05, 4.69) is 161 Å². The Morgan fingerprint density at radius 3 is 1.80 bits per heavy atom. The summed E-state index contributed by atoms with van der Waals surface area (Å²) in [6, 6.07) is 55.5. The molecule has 0 saturated heterocycles. The highest BCUT2D eigenvalue weighted by molar-refractivity contribution is 7.00. The molecule has 0 fully saturated rings. The van der Waals surface area contributed by atoms with E-state index in [1.807, 2.05) is 0 Å². The Morgan fingerprint density at radius 1 is 0.366 bits per heavy atom. The van der Waals surface area contributed by atoms with E-state index in [0.29, 0.717) is 0 Å². The van der Waals surface area contributed by atoms with Crippen LogP contribution in [0.1, 0.15) is 0 Å². The number of anilines is 6. The summed E-state index contributed by atoms with van der Waals surface area (Å²) >= 11 is 0. The third kappa shape index (κ3) is 3.20. The quantitative estimate of drug-likeness (QED) is 0.213. The predicted molar refractivity (Wildman–Crippen MR) is 175 cm³/mol. The average Bonchev–Trinajstić information content (AvgIpc) is 3.04. The second-order valence-corrected chi connectivity index (χ2v) is 11.0. The van der Waals surface area contributed by atoms with Crippen LogP contribution in [0.2, 0.25) is 0 Å². The summed E-state index contributed by atoms with van der Waals surface area (Å²) in [6.45, 7) is 0.128. The van der Waals surface area contributed by atoms with E-state index in [-0.39, 0.29) is 6.71 Å². The monoisotopic (exact) mass is 520 g/mol. The van der Waals surface area contributed by atoms with Crippen molar-refractivity contribution in [2.75, 3.05) is 9.80 Å². The van der Waals surface area contributed by atoms with Crippen molar-refractivity contribution in [2.45, 2.75) is 0 Å². The number of fused-ring (bicyclic) bond motifs is 6. The van der Waals surface area contributed by atoms with Crippen LogP contribution in [0.15, 0.2) is 152 Å². The molecule has 0 radical (unpaired) electrons. The molecule has 0 unspecified atom stereocenters. The van der Waals surface area contributed by atoms with Gasteiger partial charge in [-0.3, -0.25) is 0 Å². The highest BCUT2D eigenvalue weighted by Gasteiger charge is 2.43. The lowest BCUT2D eigenvalue weighted by atomic mass is 9.33. The summed E-state index contributed by atoms with van der Waals surface area (Å²) in [5.41, 5.74) is 11.4. The standard InChI is InChI=1S/C38H25BN2/c1-2-16-29(17-3-1)40-35-22-11-23-36-38(35)39(32-24-27-13-4-5-14-28(27)25-37(32)40)31-19-8-9-20-34(31)41(36)33-21-10-15-26-12-6-7-18-30(26)33/h1-25H. The molecule has 0 saturated carbocycles. The van der Waals surface area contributed by atoms with Gasteiger partial charge >= 0.3 is 0 Å². The molecule has 2 aliphatic rings. The van der Waals surface area contributed by atoms with Crippen molar-refractivity contribution in [1.82, 2.24) is 0 Å². The van der Waals surface area contributed by atoms with Crippen molar-refractivity contribution < 1.29 is 0 Å². The van der Waals surface area contributed by atoms with Crippen LogP contribution in [-0.4, -0.2) is 6.71 Å². The molecule has 41 heavy (non-hydrogen) atoms. The highest BCUT2D eigenvalue weighted by atomic mass is 15.2. The second kappa shape index (κ2) is 8.61. The van der Waals surface area contributed by atoms with Crippen molar-refractivity contribution in [2.24, 2.45) is 0 Å². The predicted octanol–water partition coefficient (Wildman–Crippen LogP) is 8.08. The molecule has 0 aromatic heterocycles. The van der Waals surface area contributed by atoms with Gasteiger partial charge in [0.2, 0.25) is 0 Å². The third-order valence-corrected chi connectivity index (χ3v) is 8.79. The van der Waals surface area contributed by atoms with Crippen LogP contribution < -0.4 is 26.2 Å². The lowest BCUT2D eigenvalue weighted by Crippen LogP contribution is -2.61. The molecule has 2 aliphatic heterocycles. The highest BCUT2D eigenvalue weighted by Crippen LogP contribution is 2.45. The van der Waals surface area contributed by atoms with E-state index in [0.717, 1.165) is 0 Å². The third-order valence-electron chi connectivity index (χ3n) is 8.79. The molecule has 7 aromatic rings. The van der Waals surface area contributed by atoms with Crippen molar-refractivity contribution >= 4 is 78.8 Å². The number of nitrogens with zero attached hydrogens (tertiary/aromatic N) is 2. The van der Waals surface area contributed by atoms with Gasteiger partial charge in [0.05, 0.1) is 5.69 Å². The van der Waals surface area contributed by atoms with E-state index < -0.39 is 0 Å². The Hall–Kier alpha value is -5.28. The average molecular weight is 520 g/mol. The van der Waals surface area contributed by atoms with Gasteiger partial charge in [0, 0.05) is 33.8 Å². The summed E-state index contributed by atoms with van der Waals surface area (Å²) in [5, 5.41) is 5.03. The SMILES string of the molecule is c1ccc(N2c3cc4ccccc4cc3B3c4ccccc4N(c4cccc5ccccc45)c4cccc2c43)cc1. The molecule has 3 heteroatoms. The number of hydrogen-bond acceptors (Lipinski definition) is 2. The molecule has 0 N–H and O–H groups in total. The van der Waals surface area contributed by atoms with Crippen molar-refractivity contribution in [1.29, 1.82) is 0 Å². The maximum Gasteiger partial charge on any atom is 0.252 e. The molecule has 0 amide bonds. The summed E-state index contributed by atoms with van der Waals surface area (Å²) < 4.78 is 0. The molecule has 9 rings (SSSR count). The summed E-state index contributed by atoms with van der Waals surface area (Å²) in [5.74, 6) is 0. The Kier molecular flexibility index (Phi) is 4.73. The Morgan fingerprint density at radius 2 is 0.951 bits per heavy atom. The van der Waals surface area contributed by atoms with Crippen molar-refractivity contribution in [3.63, 3.8) is 0 Å². The molecule has 2 heterocycles. The number of para-hydroxylation sites is 2. The molecular weight excluding hydrogens is 495 g/mol. The molecule has 7 aromatic carbocycles. The van der Waals surface area contributed by atoms with Crippen LogP contribution in [0.25, 0.3) is 21.5 Å². The lowest BCUT2D eigenvalue weighted by Gasteiger charge is -2.44. The van der Waals surface area contributed by atoms with Crippen LogP contribution in [0, 0.1) is 0 Å². The molecular formula is C38H25BN2. The normalized spacial score (nSPS) is 13.2. The fraction of sp³-hybridized carbons (Fsp3) is 0. The van der Waals surface area contributed by atoms with Gasteiger partial charge in [-0.1, -0.05) is 109 Å². The minimum absolute atomic E-state index is 0.128. The molecule has 190 valence electrons. The molecule has 0 atom stereocenters. The molecule has 2 nitrogen and oxygen atoms in total. The number of hydrogen-bond donors (Lipinski definition) is 0. The van der Waals surface area contributed by atoms with Crippen LogP contribution in [0.4, 0.5) is 34.1 Å². The first kappa shape index (κ1) is 22.5. The van der Waals surface area contributed by atoms with Crippen molar-refractivity contribution in [3.8, 4) is 0 Å². The summed E-state index contributed by atoms with van der Waals surface area (Å²) in [4.78, 5) is 4.95. The van der Waals surface area contributed by atoms with E-state index in [1.165, 1.54) is 72.1 Å². The van der Waals surface area contributed by atoms with Gasteiger partial charge in [-0.25, -0.2) is 0 Å². The first-order valence-electron chi connectivity index (χ1n) is 14.2. The first-order chi connectivity index (χ1) is 20.4. The lowest BCUT2D eigenvalue weighted by molar-refractivity contribution is 1.26. The van der Waals surface area contributed by atoms with E-state index >= 15 is 0 Å².